The van der Waals surface area contributed by atoms with E-state index in [-0.39, 0.29) is 10.7 Å². The van der Waals surface area contributed by atoms with Crippen molar-refractivity contribution in [3.05, 3.63) is 78.9 Å². The van der Waals surface area contributed by atoms with Gasteiger partial charge in [0.25, 0.3) is 0 Å². The zero-order valence-electron chi connectivity index (χ0n) is 14.9. The molecule has 0 aliphatic heterocycles. The molecule has 28 heavy (non-hydrogen) atoms. The smallest absolute Gasteiger partial charge is 0.175 e. The van der Waals surface area contributed by atoms with E-state index in [1.807, 2.05) is 0 Å². The minimum atomic E-state index is -3.28. The lowest BCUT2D eigenvalue weighted by Gasteiger charge is -2.04. The van der Waals surface area contributed by atoms with Gasteiger partial charge in [-0.3, -0.25) is 4.98 Å². The van der Waals surface area contributed by atoms with Crippen molar-refractivity contribution in [3.63, 3.8) is 0 Å². The zero-order chi connectivity index (χ0) is 19.7. The Morgan fingerprint density at radius 3 is 2.21 bits per heavy atom. The average molecular weight is 393 g/mol. The molecule has 0 aliphatic rings. The predicted octanol–water partition coefficient (Wildman–Crippen LogP) is 4.35. The van der Waals surface area contributed by atoms with E-state index in [1.165, 1.54) is 18.2 Å². The molecular weight excluding hydrogens is 377 g/mol. The van der Waals surface area contributed by atoms with Crippen LogP contribution >= 0.6 is 0 Å². The minimum absolute atomic E-state index is 0.228. The summed E-state index contributed by atoms with van der Waals surface area (Å²) in [5.41, 5.74) is 3.04. The Kier molecular flexibility index (Phi) is 4.52. The van der Waals surface area contributed by atoms with Gasteiger partial charge in [0.05, 0.1) is 16.3 Å². The lowest BCUT2D eigenvalue weighted by atomic mass is 10.1. The SMILES string of the molecule is CS(=O)(=O)c1ccc(-c2nc(-c3ccncc3)c(-c3ccccc3F)[nH]2)cc1. The Bertz CT molecular complexity index is 1230. The highest BCUT2D eigenvalue weighted by Crippen LogP contribution is 2.34. The van der Waals surface area contributed by atoms with Crippen LogP contribution in [0.2, 0.25) is 0 Å². The van der Waals surface area contributed by atoms with Gasteiger partial charge < -0.3 is 4.98 Å². The van der Waals surface area contributed by atoms with Crippen LogP contribution in [0.25, 0.3) is 33.9 Å². The number of aromatic amines is 1. The molecule has 0 bridgehead atoms. The molecule has 0 fully saturated rings. The van der Waals surface area contributed by atoms with Gasteiger partial charge in [-0.2, -0.15) is 0 Å². The molecule has 4 rings (SSSR count). The number of hydrogen-bond donors (Lipinski definition) is 1. The van der Waals surface area contributed by atoms with Crippen LogP contribution in [-0.2, 0) is 9.84 Å². The van der Waals surface area contributed by atoms with Crippen molar-refractivity contribution in [3.8, 4) is 33.9 Å². The number of halogens is 1. The first-order valence-corrected chi connectivity index (χ1v) is 10.4. The first-order valence-electron chi connectivity index (χ1n) is 8.49. The number of rotatable bonds is 4. The first kappa shape index (κ1) is 18.1. The summed E-state index contributed by atoms with van der Waals surface area (Å²) in [4.78, 5) is 12.1. The highest BCUT2D eigenvalue weighted by atomic mass is 32.2. The molecule has 0 saturated carbocycles. The number of hydrogen-bond acceptors (Lipinski definition) is 4. The third kappa shape index (κ3) is 3.44. The second kappa shape index (κ2) is 7.01. The van der Waals surface area contributed by atoms with Gasteiger partial charge in [-0.05, 0) is 48.5 Å². The second-order valence-corrected chi connectivity index (χ2v) is 8.34. The summed E-state index contributed by atoms with van der Waals surface area (Å²) in [6, 6.07) is 16.5. The van der Waals surface area contributed by atoms with Crippen molar-refractivity contribution in [2.24, 2.45) is 0 Å². The van der Waals surface area contributed by atoms with Crippen LogP contribution in [0.5, 0.6) is 0 Å². The van der Waals surface area contributed by atoms with Gasteiger partial charge >= 0.3 is 0 Å². The van der Waals surface area contributed by atoms with Gasteiger partial charge in [0.15, 0.2) is 9.84 Å². The predicted molar refractivity (Wildman–Crippen MR) is 106 cm³/mol. The van der Waals surface area contributed by atoms with Crippen molar-refractivity contribution in [1.82, 2.24) is 15.0 Å². The molecule has 0 amide bonds. The van der Waals surface area contributed by atoms with Crippen LogP contribution in [0.3, 0.4) is 0 Å². The molecule has 4 aromatic rings. The van der Waals surface area contributed by atoms with Crippen LogP contribution < -0.4 is 0 Å². The largest absolute Gasteiger partial charge is 0.337 e. The molecule has 2 heterocycles. The normalized spacial score (nSPS) is 11.5. The van der Waals surface area contributed by atoms with Crippen LogP contribution in [0.4, 0.5) is 4.39 Å². The van der Waals surface area contributed by atoms with Gasteiger partial charge in [0.1, 0.15) is 11.6 Å². The number of imidazole rings is 1. The minimum Gasteiger partial charge on any atom is -0.337 e. The number of aromatic nitrogens is 3. The molecule has 1 N–H and O–H groups in total. The fraction of sp³-hybridized carbons (Fsp3) is 0.0476. The Labute approximate surface area is 161 Å². The van der Waals surface area contributed by atoms with Gasteiger partial charge in [-0.25, -0.2) is 17.8 Å². The molecule has 7 heteroatoms. The van der Waals surface area contributed by atoms with E-state index in [0.29, 0.717) is 28.3 Å². The lowest BCUT2D eigenvalue weighted by molar-refractivity contribution is 0.602. The van der Waals surface area contributed by atoms with E-state index in [1.54, 1.807) is 54.9 Å². The Hall–Kier alpha value is -3.32. The Morgan fingerprint density at radius 2 is 1.57 bits per heavy atom. The topological polar surface area (TPSA) is 75.7 Å². The van der Waals surface area contributed by atoms with E-state index < -0.39 is 9.84 Å². The van der Waals surface area contributed by atoms with E-state index in [4.69, 9.17) is 0 Å². The summed E-state index contributed by atoms with van der Waals surface area (Å²) >= 11 is 0. The second-order valence-electron chi connectivity index (χ2n) is 6.32. The van der Waals surface area contributed by atoms with Crippen molar-refractivity contribution in [1.29, 1.82) is 0 Å². The highest BCUT2D eigenvalue weighted by Gasteiger charge is 2.18. The highest BCUT2D eigenvalue weighted by molar-refractivity contribution is 7.90. The van der Waals surface area contributed by atoms with Crippen molar-refractivity contribution >= 4 is 9.84 Å². The van der Waals surface area contributed by atoms with E-state index in [0.717, 1.165) is 11.8 Å². The summed E-state index contributed by atoms with van der Waals surface area (Å²) in [5.74, 6) is 0.158. The van der Waals surface area contributed by atoms with Crippen LogP contribution in [0, 0.1) is 5.82 Å². The molecule has 0 radical (unpaired) electrons. The van der Waals surface area contributed by atoms with Crippen molar-refractivity contribution < 1.29 is 12.8 Å². The third-order valence-corrected chi connectivity index (χ3v) is 5.49. The average Bonchev–Trinajstić information content (AvgIpc) is 3.14. The number of H-pyrrole nitrogens is 1. The van der Waals surface area contributed by atoms with Gasteiger partial charge in [-0.1, -0.05) is 12.1 Å². The van der Waals surface area contributed by atoms with E-state index in [2.05, 4.69) is 15.0 Å². The molecule has 2 aromatic carbocycles. The van der Waals surface area contributed by atoms with Crippen molar-refractivity contribution in [2.75, 3.05) is 6.26 Å². The molecule has 0 aliphatic carbocycles. The fourth-order valence-electron chi connectivity index (χ4n) is 2.95. The molecule has 140 valence electrons. The third-order valence-electron chi connectivity index (χ3n) is 4.36. The fourth-order valence-corrected chi connectivity index (χ4v) is 3.58. The maximum absolute atomic E-state index is 14.4. The maximum atomic E-state index is 14.4. The van der Waals surface area contributed by atoms with Crippen LogP contribution in [0.1, 0.15) is 0 Å². The Morgan fingerprint density at radius 1 is 0.893 bits per heavy atom. The van der Waals surface area contributed by atoms with E-state index >= 15 is 0 Å². The molecule has 5 nitrogen and oxygen atoms in total. The quantitative estimate of drug-likeness (QED) is 0.559. The van der Waals surface area contributed by atoms with E-state index in [9.17, 15) is 12.8 Å². The number of nitrogens with zero attached hydrogens (tertiary/aromatic N) is 2. The molecular formula is C21H16FN3O2S. The number of sulfone groups is 1. The summed E-state index contributed by atoms with van der Waals surface area (Å²) in [6.45, 7) is 0. The van der Waals surface area contributed by atoms with Gasteiger partial charge in [0.2, 0.25) is 0 Å². The molecule has 0 spiro atoms. The summed E-state index contributed by atoms with van der Waals surface area (Å²) in [5, 5.41) is 0. The molecule has 0 saturated heterocycles. The maximum Gasteiger partial charge on any atom is 0.175 e. The summed E-state index contributed by atoms with van der Waals surface area (Å²) < 4.78 is 37.8. The van der Waals surface area contributed by atoms with Crippen LogP contribution in [-0.4, -0.2) is 29.6 Å². The monoisotopic (exact) mass is 393 g/mol. The Balaban J connectivity index is 1.88. The summed E-state index contributed by atoms with van der Waals surface area (Å²) in [7, 11) is -3.28. The van der Waals surface area contributed by atoms with Crippen molar-refractivity contribution in [2.45, 2.75) is 4.90 Å². The summed E-state index contributed by atoms with van der Waals surface area (Å²) in [6.07, 6.45) is 4.46. The molecule has 0 atom stereocenters. The van der Waals surface area contributed by atoms with Crippen LogP contribution in [0.15, 0.2) is 78.0 Å². The lowest BCUT2D eigenvalue weighted by Crippen LogP contribution is -1.96. The number of pyridine rings is 1. The first-order chi connectivity index (χ1) is 13.4. The van der Waals surface area contributed by atoms with Gasteiger partial charge in [0, 0.05) is 35.3 Å². The zero-order valence-corrected chi connectivity index (χ0v) is 15.7. The number of benzene rings is 2. The molecule has 2 aromatic heterocycles. The molecule has 0 unspecified atom stereocenters. The van der Waals surface area contributed by atoms with Gasteiger partial charge in [-0.15, -0.1) is 0 Å². The number of nitrogens with one attached hydrogen (secondary N) is 1. The standard InChI is InChI=1S/C21H16FN3O2S/c1-28(26,27)16-8-6-15(7-9-16)21-24-19(14-10-12-23-13-11-14)20(25-21)17-4-2-3-5-18(17)22/h2-13H,1H3,(H,24,25).